The summed E-state index contributed by atoms with van der Waals surface area (Å²) >= 11 is 12.4. The molecule has 4 rings (SSSR count). The quantitative estimate of drug-likeness (QED) is 0.416. The molecule has 0 radical (unpaired) electrons. The van der Waals surface area contributed by atoms with E-state index in [-0.39, 0.29) is 16.5 Å². The molecule has 0 aliphatic rings. The summed E-state index contributed by atoms with van der Waals surface area (Å²) in [5.41, 5.74) is 2.64. The molecule has 148 valence electrons. The van der Waals surface area contributed by atoms with Crippen molar-refractivity contribution in [3.05, 3.63) is 94.4 Å². The summed E-state index contributed by atoms with van der Waals surface area (Å²) in [5, 5.41) is 0.502. The van der Waals surface area contributed by atoms with Gasteiger partial charge in [0.1, 0.15) is 10.5 Å². The number of hydrogen-bond acceptors (Lipinski definition) is 3. The molecule has 0 spiro atoms. The number of nitrogens with zero attached hydrogens (tertiary/aromatic N) is 3. The fourth-order valence-electron chi connectivity index (χ4n) is 3.11. The number of para-hydroxylation sites is 1. The Morgan fingerprint density at radius 3 is 2.48 bits per heavy atom. The Hall–Kier alpha value is -2.54. The Morgan fingerprint density at radius 2 is 1.72 bits per heavy atom. The first kappa shape index (κ1) is 19.8. The molecule has 0 aliphatic heterocycles. The zero-order chi connectivity index (χ0) is 20.6. The molecular weight excluding hydrogens is 429 g/mol. The number of pyridine rings is 1. The van der Waals surface area contributed by atoms with Gasteiger partial charge in [-0.25, -0.2) is 13.4 Å². The number of benzene rings is 2. The summed E-state index contributed by atoms with van der Waals surface area (Å²) < 4.78 is 30.5. The lowest BCUT2D eigenvalue weighted by molar-refractivity contribution is 0.589. The van der Waals surface area contributed by atoms with E-state index in [1.807, 2.05) is 34.9 Å². The van der Waals surface area contributed by atoms with Gasteiger partial charge in [-0.3, -0.25) is 4.31 Å². The fraction of sp³-hybridized carbons (Fsp3) is 0.0952. The van der Waals surface area contributed by atoms with Gasteiger partial charge in [-0.05, 0) is 48.9 Å². The Morgan fingerprint density at radius 1 is 1.00 bits per heavy atom. The average Bonchev–Trinajstić information content (AvgIpc) is 3.12. The van der Waals surface area contributed by atoms with Crippen LogP contribution >= 0.6 is 23.2 Å². The first-order valence-electron chi connectivity index (χ1n) is 8.82. The van der Waals surface area contributed by atoms with E-state index in [1.165, 1.54) is 16.4 Å². The second kappa shape index (κ2) is 7.71. The van der Waals surface area contributed by atoms with Crippen LogP contribution in [0.2, 0.25) is 10.0 Å². The number of anilines is 1. The molecular formula is C21H17Cl2N3O2S. The number of hydrogen-bond donors (Lipinski definition) is 0. The molecule has 0 amide bonds. The molecule has 0 aliphatic carbocycles. The molecule has 5 nitrogen and oxygen atoms in total. The minimum atomic E-state index is -3.97. The molecule has 0 fully saturated rings. The third-order valence-electron chi connectivity index (χ3n) is 4.62. The lowest BCUT2D eigenvalue weighted by atomic mass is 10.2. The van der Waals surface area contributed by atoms with Gasteiger partial charge in [-0.15, -0.1) is 0 Å². The standard InChI is InChI=1S/C21H17Cl2N3O2S/c1-15-11-20(19(23)12-18(15)22)29(27,28)26(16-7-3-2-4-8-16)14-17-13-24-21-9-5-6-10-25(17)21/h2-13H,14H2,1H3. The van der Waals surface area contributed by atoms with Gasteiger partial charge < -0.3 is 4.40 Å². The van der Waals surface area contributed by atoms with Gasteiger partial charge in [0.2, 0.25) is 0 Å². The second-order valence-electron chi connectivity index (χ2n) is 6.56. The summed E-state index contributed by atoms with van der Waals surface area (Å²) in [6, 6.07) is 17.5. The highest BCUT2D eigenvalue weighted by molar-refractivity contribution is 7.93. The monoisotopic (exact) mass is 445 g/mol. The summed E-state index contributed by atoms with van der Waals surface area (Å²) in [4.78, 5) is 4.37. The lowest BCUT2D eigenvalue weighted by Gasteiger charge is -2.25. The molecule has 0 N–H and O–H groups in total. The first-order chi connectivity index (χ1) is 13.9. The van der Waals surface area contributed by atoms with Crippen LogP contribution in [0.1, 0.15) is 11.3 Å². The lowest BCUT2D eigenvalue weighted by Crippen LogP contribution is -2.31. The average molecular weight is 446 g/mol. The smallest absolute Gasteiger partial charge is 0.266 e. The van der Waals surface area contributed by atoms with Crippen molar-refractivity contribution in [1.29, 1.82) is 0 Å². The van der Waals surface area contributed by atoms with E-state index in [0.717, 1.165) is 11.3 Å². The highest BCUT2D eigenvalue weighted by atomic mass is 35.5. The normalized spacial score (nSPS) is 11.7. The molecule has 0 saturated heterocycles. The van der Waals surface area contributed by atoms with Crippen molar-refractivity contribution >= 4 is 44.6 Å². The fourth-order valence-corrected chi connectivity index (χ4v) is 5.35. The number of sulfonamides is 1. The number of halogens is 2. The maximum Gasteiger partial charge on any atom is 0.266 e. The highest BCUT2D eigenvalue weighted by Crippen LogP contribution is 2.33. The SMILES string of the molecule is Cc1cc(S(=O)(=O)N(Cc2cnc3ccccn23)c2ccccc2)c(Cl)cc1Cl. The molecule has 2 aromatic carbocycles. The maximum absolute atomic E-state index is 13.6. The van der Waals surface area contributed by atoms with Crippen LogP contribution in [0.3, 0.4) is 0 Å². The van der Waals surface area contributed by atoms with E-state index < -0.39 is 10.0 Å². The van der Waals surface area contributed by atoms with Crippen LogP contribution in [0.15, 0.2) is 78.0 Å². The summed E-state index contributed by atoms with van der Waals surface area (Å²) in [7, 11) is -3.97. The van der Waals surface area contributed by atoms with Gasteiger partial charge in [0.05, 0.1) is 29.1 Å². The third kappa shape index (κ3) is 3.71. The van der Waals surface area contributed by atoms with Gasteiger partial charge in [0, 0.05) is 11.2 Å². The molecule has 0 unspecified atom stereocenters. The predicted octanol–water partition coefficient (Wildman–Crippen LogP) is 5.35. The third-order valence-corrected chi connectivity index (χ3v) is 7.27. The maximum atomic E-state index is 13.6. The number of imidazole rings is 1. The topological polar surface area (TPSA) is 54.7 Å². The van der Waals surface area contributed by atoms with E-state index in [4.69, 9.17) is 23.2 Å². The van der Waals surface area contributed by atoms with Crippen LogP contribution < -0.4 is 4.31 Å². The van der Waals surface area contributed by atoms with Crippen LogP contribution in [-0.2, 0) is 16.6 Å². The Kier molecular flexibility index (Phi) is 5.25. The van der Waals surface area contributed by atoms with E-state index in [2.05, 4.69) is 4.98 Å². The molecule has 4 aromatic rings. The van der Waals surface area contributed by atoms with Crippen molar-refractivity contribution in [3.8, 4) is 0 Å². The van der Waals surface area contributed by atoms with Gasteiger partial charge in [-0.2, -0.15) is 0 Å². The van der Waals surface area contributed by atoms with E-state index in [0.29, 0.717) is 16.3 Å². The summed E-state index contributed by atoms with van der Waals surface area (Å²) in [6.45, 7) is 1.84. The Bertz CT molecular complexity index is 1290. The van der Waals surface area contributed by atoms with E-state index in [1.54, 1.807) is 37.4 Å². The predicted molar refractivity (Wildman–Crippen MR) is 116 cm³/mol. The summed E-state index contributed by atoms with van der Waals surface area (Å²) in [6.07, 6.45) is 3.53. The molecule has 0 atom stereocenters. The molecule has 0 bridgehead atoms. The minimum Gasteiger partial charge on any atom is -0.302 e. The van der Waals surface area contributed by atoms with Crippen molar-refractivity contribution in [2.45, 2.75) is 18.4 Å². The van der Waals surface area contributed by atoms with Crippen molar-refractivity contribution in [2.75, 3.05) is 4.31 Å². The van der Waals surface area contributed by atoms with Crippen molar-refractivity contribution in [3.63, 3.8) is 0 Å². The van der Waals surface area contributed by atoms with Crippen LogP contribution in [-0.4, -0.2) is 17.8 Å². The van der Waals surface area contributed by atoms with Crippen LogP contribution in [0, 0.1) is 6.92 Å². The molecule has 2 aromatic heterocycles. The minimum absolute atomic E-state index is 0.0127. The second-order valence-corrected chi connectivity index (χ2v) is 9.20. The van der Waals surface area contributed by atoms with Gasteiger partial charge in [0.25, 0.3) is 10.0 Å². The summed E-state index contributed by atoms with van der Waals surface area (Å²) in [5.74, 6) is 0. The molecule has 8 heteroatoms. The zero-order valence-electron chi connectivity index (χ0n) is 15.5. The number of rotatable bonds is 5. The first-order valence-corrected chi connectivity index (χ1v) is 11.0. The van der Waals surface area contributed by atoms with E-state index >= 15 is 0 Å². The van der Waals surface area contributed by atoms with Crippen LogP contribution in [0.4, 0.5) is 5.69 Å². The van der Waals surface area contributed by atoms with Crippen molar-refractivity contribution in [1.82, 2.24) is 9.38 Å². The molecule has 0 saturated carbocycles. The highest BCUT2D eigenvalue weighted by Gasteiger charge is 2.29. The Balaban J connectivity index is 1.86. The Labute approximate surface area is 179 Å². The van der Waals surface area contributed by atoms with Crippen molar-refractivity contribution < 1.29 is 8.42 Å². The van der Waals surface area contributed by atoms with Crippen molar-refractivity contribution in [2.24, 2.45) is 0 Å². The molecule has 2 heterocycles. The number of fused-ring (bicyclic) bond motifs is 1. The number of aryl methyl sites for hydroxylation is 1. The largest absolute Gasteiger partial charge is 0.302 e. The van der Waals surface area contributed by atoms with Crippen LogP contribution in [0.25, 0.3) is 5.65 Å². The van der Waals surface area contributed by atoms with Crippen LogP contribution in [0.5, 0.6) is 0 Å². The molecule has 29 heavy (non-hydrogen) atoms. The van der Waals surface area contributed by atoms with Gasteiger partial charge in [0.15, 0.2) is 0 Å². The van der Waals surface area contributed by atoms with E-state index in [9.17, 15) is 8.42 Å². The number of aromatic nitrogens is 2. The van der Waals surface area contributed by atoms with Gasteiger partial charge >= 0.3 is 0 Å². The van der Waals surface area contributed by atoms with Gasteiger partial charge in [-0.1, -0.05) is 47.5 Å². The zero-order valence-corrected chi connectivity index (χ0v) is 17.8.